The first kappa shape index (κ1) is 15.2. The van der Waals surface area contributed by atoms with Crippen molar-refractivity contribution in [2.45, 2.75) is 32.7 Å². The number of hydrogen-bond donors (Lipinski definition) is 1. The van der Waals surface area contributed by atoms with Crippen molar-refractivity contribution in [1.29, 1.82) is 0 Å². The van der Waals surface area contributed by atoms with Crippen molar-refractivity contribution in [2.24, 2.45) is 0 Å². The molecule has 0 aliphatic carbocycles. The van der Waals surface area contributed by atoms with Crippen molar-refractivity contribution in [3.8, 4) is 0 Å². The van der Waals surface area contributed by atoms with Crippen LogP contribution in [0.5, 0.6) is 0 Å². The predicted molar refractivity (Wildman–Crippen MR) is 83.1 cm³/mol. The SMILES string of the molecule is CC(C)c1ccnc(NC[C@@H](C)N2CCN(C)CC2)n1. The highest BCUT2D eigenvalue weighted by atomic mass is 15.3. The van der Waals surface area contributed by atoms with E-state index in [9.17, 15) is 0 Å². The molecule has 2 rings (SSSR count). The molecule has 0 spiro atoms. The van der Waals surface area contributed by atoms with Gasteiger partial charge >= 0.3 is 0 Å². The minimum atomic E-state index is 0.439. The summed E-state index contributed by atoms with van der Waals surface area (Å²) in [5.74, 6) is 1.19. The van der Waals surface area contributed by atoms with Gasteiger partial charge in [0.25, 0.3) is 0 Å². The minimum absolute atomic E-state index is 0.439. The van der Waals surface area contributed by atoms with Gasteiger partial charge < -0.3 is 10.2 Å². The topological polar surface area (TPSA) is 44.3 Å². The molecule has 0 saturated carbocycles. The number of aromatic nitrogens is 2. The number of likely N-dealkylation sites (N-methyl/N-ethyl adjacent to an activating group) is 1. The molecular formula is C15H27N5. The van der Waals surface area contributed by atoms with Gasteiger partial charge in [-0.15, -0.1) is 0 Å². The first-order valence-corrected chi connectivity index (χ1v) is 7.55. The second kappa shape index (κ2) is 6.99. The van der Waals surface area contributed by atoms with E-state index >= 15 is 0 Å². The lowest BCUT2D eigenvalue weighted by Gasteiger charge is -2.36. The maximum Gasteiger partial charge on any atom is 0.222 e. The Balaban J connectivity index is 1.83. The number of nitrogens with one attached hydrogen (secondary N) is 1. The predicted octanol–water partition coefficient (Wildman–Crippen LogP) is 1.65. The molecule has 1 aromatic rings. The van der Waals surface area contributed by atoms with Gasteiger partial charge in [0, 0.05) is 50.7 Å². The van der Waals surface area contributed by atoms with E-state index in [-0.39, 0.29) is 0 Å². The third-order valence-electron chi connectivity index (χ3n) is 3.99. The van der Waals surface area contributed by atoms with Crippen molar-refractivity contribution < 1.29 is 0 Å². The van der Waals surface area contributed by atoms with Gasteiger partial charge in [-0.25, -0.2) is 9.97 Å². The van der Waals surface area contributed by atoms with E-state index in [1.807, 2.05) is 12.3 Å². The number of rotatable bonds is 5. The Morgan fingerprint density at radius 1 is 1.20 bits per heavy atom. The molecule has 20 heavy (non-hydrogen) atoms. The number of hydrogen-bond acceptors (Lipinski definition) is 5. The highest BCUT2D eigenvalue weighted by molar-refractivity contribution is 5.26. The van der Waals surface area contributed by atoms with Gasteiger partial charge in [0.2, 0.25) is 5.95 Å². The van der Waals surface area contributed by atoms with Crippen LogP contribution < -0.4 is 5.32 Å². The smallest absolute Gasteiger partial charge is 0.222 e. The largest absolute Gasteiger partial charge is 0.353 e. The van der Waals surface area contributed by atoms with Crippen LogP contribution in [-0.4, -0.2) is 65.6 Å². The first-order valence-electron chi connectivity index (χ1n) is 7.55. The second-order valence-electron chi connectivity index (χ2n) is 6.03. The Kier molecular flexibility index (Phi) is 5.31. The summed E-state index contributed by atoms with van der Waals surface area (Å²) in [6.45, 7) is 12.1. The minimum Gasteiger partial charge on any atom is -0.353 e. The Morgan fingerprint density at radius 3 is 2.55 bits per heavy atom. The molecule has 1 fully saturated rings. The third kappa shape index (κ3) is 4.15. The summed E-state index contributed by atoms with van der Waals surface area (Å²) in [5, 5.41) is 3.37. The second-order valence-corrected chi connectivity index (χ2v) is 6.03. The van der Waals surface area contributed by atoms with Crippen molar-refractivity contribution in [2.75, 3.05) is 45.1 Å². The van der Waals surface area contributed by atoms with Gasteiger partial charge in [-0.1, -0.05) is 13.8 Å². The fourth-order valence-electron chi connectivity index (χ4n) is 2.41. The maximum atomic E-state index is 4.55. The van der Waals surface area contributed by atoms with Gasteiger partial charge in [-0.2, -0.15) is 0 Å². The van der Waals surface area contributed by atoms with Crippen LogP contribution in [0.1, 0.15) is 32.4 Å². The van der Waals surface area contributed by atoms with Crippen molar-refractivity contribution in [1.82, 2.24) is 19.8 Å². The van der Waals surface area contributed by atoms with E-state index in [4.69, 9.17) is 0 Å². The fourth-order valence-corrected chi connectivity index (χ4v) is 2.41. The lowest BCUT2D eigenvalue weighted by molar-refractivity contribution is 0.123. The first-order chi connectivity index (χ1) is 9.56. The standard InChI is InChI=1S/C15H27N5/c1-12(2)14-5-6-16-15(18-14)17-11-13(3)20-9-7-19(4)8-10-20/h5-6,12-13H,7-11H2,1-4H3,(H,16,17,18)/t13-/m1/s1. The summed E-state index contributed by atoms with van der Waals surface area (Å²) < 4.78 is 0. The van der Waals surface area contributed by atoms with Gasteiger partial charge in [0.1, 0.15) is 0 Å². The average molecular weight is 277 g/mol. The number of nitrogens with zero attached hydrogens (tertiary/aromatic N) is 4. The lowest BCUT2D eigenvalue weighted by Crippen LogP contribution is -2.50. The Labute approximate surface area is 122 Å². The molecule has 1 aliphatic rings. The summed E-state index contributed by atoms with van der Waals surface area (Å²) in [6.07, 6.45) is 1.84. The summed E-state index contributed by atoms with van der Waals surface area (Å²) in [7, 11) is 2.19. The lowest BCUT2D eigenvalue weighted by atomic mass is 10.1. The molecule has 0 bridgehead atoms. The Bertz CT molecular complexity index is 412. The highest BCUT2D eigenvalue weighted by Crippen LogP contribution is 2.12. The molecule has 2 heterocycles. The zero-order chi connectivity index (χ0) is 14.5. The Morgan fingerprint density at radius 2 is 1.90 bits per heavy atom. The number of anilines is 1. The highest BCUT2D eigenvalue weighted by Gasteiger charge is 2.18. The summed E-state index contributed by atoms with van der Waals surface area (Å²) in [6, 6.07) is 2.50. The monoisotopic (exact) mass is 277 g/mol. The molecule has 1 aromatic heterocycles. The van der Waals surface area contributed by atoms with Gasteiger partial charge in [0.05, 0.1) is 0 Å². The summed E-state index contributed by atoms with van der Waals surface area (Å²) >= 11 is 0. The van der Waals surface area contributed by atoms with Crippen LogP contribution in [0.25, 0.3) is 0 Å². The molecular weight excluding hydrogens is 250 g/mol. The van der Waals surface area contributed by atoms with Crippen LogP contribution >= 0.6 is 0 Å². The zero-order valence-corrected chi connectivity index (χ0v) is 13.1. The van der Waals surface area contributed by atoms with Crippen LogP contribution in [-0.2, 0) is 0 Å². The summed E-state index contributed by atoms with van der Waals surface area (Å²) in [5.41, 5.74) is 1.09. The Hall–Kier alpha value is -1.20. The van der Waals surface area contributed by atoms with E-state index in [1.165, 1.54) is 0 Å². The van der Waals surface area contributed by atoms with E-state index in [2.05, 4.69) is 52.9 Å². The van der Waals surface area contributed by atoms with Crippen LogP contribution in [0, 0.1) is 0 Å². The molecule has 0 amide bonds. The zero-order valence-electron chi connectivity index (χ0n) is 13.1. The molecule has 0 aromatic carbocycles. The number of piperazine rings is 1. The molecule has 0 radical (unpaired) electrons. The van der Waals surface area contributed by atoms with E-state index in [1.54, 1.807) is 0 Å². The van der Waals surface area contributed by atoms with Crippen LogP contribution in [0.15, 0.2) is 12.3 Å². The molecule has 1 aliphatic heterocycles. The molecule has 1 saturated heterocycles. The molecule has 0 unspecified atom stereocenters. The average Bonchev–Trinajstić information content (AvgIpc) is 2.46. The van der Waals surface area contributed by atoms with Gasteiger partial charge in [-0.3, -0.25) is 4.90 Å². The fraction of sp³-hybridized carbons (Fsp3) is 0.733. The van der Waals surface area contributed by atoms with Crippen LogP contribution in [0.3, 0.4) is 0 Å². The third-order valence-corrected chi connectivity index (χ3v) is 3.99. The van der Waals surface area contributed by atoms with Gasteiger partial charge in [-0.05, 0) is 26.0 Å². The van der Waals surface area contributed by atoms with Crippen LogP contribution in [0.4, 0.5) is 5.95 Å². The summed E-state index contributed by atoms with van der Waals surface area (Å²) in [4.78, 5) is 13.8. The molecule has 112 valence electrons. The maximum absolute atomic E-state index is 4.55. The normalized spacial score (nSPS) is 19.2. The van der Waals surface area contributed by atoms with Crippen molar-refractivity contribution in [3.05, 3.63) is 18.0 Å². The molecule has 5 nitrogen and oxygen atoms in total. The van der Waals surface area contributed by atoms with Gasteiger partial charge in [0.15, 0.2) is 0 Å². The molecule has 1 N–H and O–H groups in total. The van der Waals surface area contributed by atoms with E-state index < -0.39 is 0 Å². The van der Waals surface area contributed by atoms with Crippen LogP contribution in [0.2, 0.25) is 0 Å². The molecule has 1 atom stereocenters. The quantitative estimate of drug-likeness (QED) is 0.886. The van der Waals surface area contributed by atoms with E-state index in [0.717, 1.165) is 44.4 Å². The molecule has 5 heteroatoms. The van der Waals surface area contributed by atoms with E-state index in [0.29, 0.717) is 12.0 Å². The van der Waals surface area contributed by atoms with Crippen molar-refractivity contribution >= 4 is 5.95 Å². The van der Waals surface area contributed by atoms with Crippen molar-refractivity contribution in [3.63, 3.8) is 0 Å².